The molecule has 0 aromatic carbocycles. The lowest BCUT2D eigenvalue weighted by atomic mass is 10.2. The van der Waals surface area contributed by atoms with E-state index < -0.39 is 17.6 Å². The largest absolute Gasteiger partial charge is 0.490 e. The third-order valence-corrected chi connectivity index (χ3v) is 1.93. The van der Waals surface area contributed by atoms with Crippen molar-refractivity contribution in [2.45, 2.75) is 39.7 Å². The minimum atomic E-state index is -0.699. The molecule has 6 heteroatoms. The molecule has 1 aromatic rings. The molecule has 0 bridgehead atoms. The Bertz CT molecular complexity index is 444. The number of anilines is 1. The Morgan fingerprint density at radius 3 is 2.74 bits per heavy atom. The van der Waals surface area contributed by atoms with Gasteiger partial charge in [-0.3, -0.25) is 5.32 Å². The number of carbonyl (C=O) groups is 1. The van der Waals surface area contributed by atoms with E-state index in [1.54, 1.807) is 20.8 Å². The highest BCUT2D eigenvalue weighted by atomic mass is 19.1. The van der Waals surface area contributed by atoms with Crippen LogP contribution in [0.25, 0.3) is 0 Å². The lowest BCUT2D eigenvalue weighted by molar-refractivity contribution is 0.0635. The molecule has 0 aliphatic rings. The summed E-state index contributed by atoms with van der Waals surface area (Å²) in [6.07, 6.45) is 1.36. The fourth-order valence-corrected chi connectivity index (χ4v) is 1.26. The first-order valence-corrected chi connectivity index (χ1v) is 6.10. The molecule has 0 spiro atoms. The summed E-state index contributed by atoms with van der Waals surface area (Å²) >= 11 is 0. The first kappa shape index (κ1) is 15.2. The van der Waals surface area contributed by atoms with E-state index >= 15 is 0 Å². The van der Waals surface area contributed by atoms with Crippen molar-refractivity contribution in [2.24, 2.45) is 0 Å². The maximum atomic E-state index is 13.1. The molecule has 0 atom stereocenters. The minimum absolute atomic E-state index is 0.204. The van der Waals surface area contributed by atoms with Crippen LogP contribution in [0.5, 0.6) is 5.75 Å². The average Bonchev–Trinajstić information content (AvgIpc) is 2.25. The first-order valence-electron chi connectivity index (χ1n) is 6.10. The van der Waals surface area contributed by atoms with Crippen LogP contribution in [0, 0.1) is 5.95 Å². The van der Waals surface area contributed by atoms with Gasteiger partial charge in [0.1, 0.15) is 5.60 Å². The molecule has 0 unspecified atom stereocenters. The summed E-state index contributed by atoms with van der Waals surface area (Å²) in [7, 11) is 0. The molecule has 0 radical (unpaired) electrons. The molecule has 1 heterocycles. The fraction of sp³-hybridized carbons (Fsp3) is 0.538. The van der Waals surface area contributed by atoms with Crippen molar-refractivity contribution in [1.29, 1.82) is 0 Å². The van der Waals surface area contributed by atoms with Gasteiger partial charge in [0.05, 0.1) is 18.5 Å². The van der Waals surface area contributed by atoms with Gasteiger partial charge in [-0.2, -0.15) is 4.39 Å². The normalized spacial score (nSPS) is 11.0. The molecule has 19 heavy (non-hydrogen) atoms. The van der Waals surface area contributed by atoms with Crippen molar-refractivity contribution >= 4 is 11.8 Å². The van der Waals surface area contributed by atoms with Crippen molar-refractivity contribution in [3.8, 4) is 5.75 Å². The van der Waals surface area contributed by atoms with Gasteiger partial charge in [0, 0.05) is 6.07 Å². The van der Waals surface area contributed by atoms with Crippen LogP contribution < -0.4 is 10.1 Å². The number of aromatic nitrogens is 1. The van der Waals surface area contributed by atoms with Gasteiger partial charge in [0.25, 0.3) is 0 Å². The number of carbonyl (C=O) groups excluding carboxylic acids is 1. The molecule has 0 aliphatic heterocycles. The Morgan fingerprint density at radius 1 is 1.47 bits per heavy atom. The van der Waals surface area contributed by atoms with Crippen molar-refractivity contribution in [2.75, 3.05) is 11.9 Å². The molecule has 0 fully saturated rings. The maximum absolute atomic E-state index is 13.1. The highest BCUT2D eigenvalue weighted by Gasteiger charge is 2.18. The summed E-state index contributed by atoms with van der Waals surface area (Å²) in [6.45, 7) is 7.63. The molecule has 1 aromatic heterocycles. The van der Waals surface area contributed by atoms with E-state index in [2.05, 4.69) is 10.3 Å². The van der Waals surface area contributed by atoms with E-state index in [1.807, 2.05) is 6.92 Å². The average molecular weight is 270 g/mol. The van der Waals surface area contributed by atoms with Crippen LogP contribution in [0.3, 0.4) is 0 Å². The Morgan fingerprint density at radius 2 is 2.16 bits per heavy atom. The molecule has 1 rings (SSSR count). The SMILES string of the molecule is CCCOc1cnc(F)cc1NC(=O)OC(C)(C)C. The number of pyridine rings is 1. The van der Waals surface area contributed by atoms with E-state index in [0.29, 0.717) is 12.4 Å². The number of amides is 1. The second-order valence-electron chi connectivity index (χ2n) is 4.98. The van der Waals surface area contributed by atoms with E-state index in [0.717, 1.165) is 12.5 Å². The Balaban J connectivity index is 2.80. The molecular weight excluding hydrogens is 251 g/mol. The number of hydrogen-bond donors (Lipinski definition) is 1. The van der Waals surface area contributed by atoms with Gasteiger partial charge in [-0.05, 0) is 27.2 Å². The van der Waals surface area contributed by atoms with Gasteiger partial charge in [0.15, 0.2) is 5.75 Å². The van der Waals surface area contributed by atoms with Crippen molar-refractivity contribution < 1.29 is 18.7 Å². The van der Waals surface area contributed by atoms with Gasteiger partial charge >= 0.3 is 6.09 Å². The molecule has 0 saturated heterocycles. The topological polar surface area (TPSA) is 60.5 Å². The summed E-state index contributed by atoms with van der Waals surface area (Å²) in [5.41, 5.74) is -0.421. The zero-order chi connectivity index (χ0) is 14.5. The quantitative estimate of drug-likeness (QED) is 0.852. The Labute approximate surface area is 112 Å². The first-order chi connectivity index (χ1) is 8.81. The maximum Gasteiger partial charge on any atom is 0.412 e. The molecule has 1 N–H and O–H groups in total. The second-order valence-corrected chi connectivity index (χ2v) is 4.98. The fourth-order valence-electron chi connectivity index (χ4n) is 1.26. The highest BCUT2D eigenvalue weighted by Crippen LogP contribution is 2.24. The smallest absolute Gasteiger partial charge is 0.412 e. The van der Waals surface area contributed by atoms with E-state index in [9.17, 15) is 9.18 Å². The van der Waals surface area contributed by atoms with Crippen LogP contribution in [0.4, 0.5) is 14.9 Å². The summed E-state index contributed by atoms with van der Waals surface area (Å²) < 4.78 is 23.6. The monoisotopic (exact) mass is 270 g/mol. The van der Waals surface area contributed by atoms with Crippen LogP contribution >= 0.6 is 0 Å². The van der Waals surface area contributed by atoms with Crippen LogP contribution in [-0.4, -0.2) is 23.3 Å². The van der Waals surface area contributed by atoms with Crippen LogP contribution in [-0.2, 0) is 4.74 Å². The number of hydrogen-bond acceptors (Lipinski definition) is 4. The van der Waals surface area contributed by atoms with Gasteiger partial charge in [-0.15, -0.1) is 0 Å². The minimum Gasteiger partial charge on any atom is -0.490 e. The predicted octanol–water partition coefficient (Wildman–Crippen LogP) is 3.36. The molecule has 5 nitrogen and oxygen atoms in total. The highest BCUT2D eigenvalue weighted by molar-refractivity contribution is 5.86. The zero-order valence-electron chi connectivity index (χ0n) is 11.6. The van der Waals surface area contributed by atoms with Crippen LogP contribution in [0.15, 0.2) is 12.3 Å². The van der Waals surface area contributed by atoms with E-state index in [1.165, 1.54) is 6.20 Å². The lowest BCUT2D eigenvalue weighted by Gasteiger charge is -2.20. The number of rotatable bonds is 4. The van der Waals surface area contributed by atoms with Gasteiger partial charge < -0.3 is 9.47 Å². The standard InChI is InChI=1S/C13H19FN2O3/c1-5-6-18-10-8-15-11(14)7-9(10)16-12(17)19-13(2,3)4/h7-8H,5-6H2,1-4H3,(H,15,16,17). The van der Waals surface area contributed by atoms with Crippen LogP contribution in [0.1, 0.15) is 34.1 Å². The Kier molecular flexibility index (Phi) is 5.09. The second kappa shape index (κ2) is 6.36. The van der Waals surface area contributed by atoms with Crippen LogP contribution in [0.2, 0.25) is 0 Å². The molecule has 1 amide bonds. The van der Waals surface area contributed by atoms with E-state index in [4.69, 9.17) is 9.47 Å². The molecular formula is C13H19FN2O3. The number of ether oxygens (including phenoxy) is 2. The van der Waals surface area contributed by atoms with E-state index in [-0.39, 0.29) is 5.69 Å². The van der Waals surface area contributed by atoms with Crippen molar-refractivity contribution in [3.05, 3.63) is 18.2 Å². The predicted molar refractivity (Wildman–Crippen MR) is 69.8 cm³/mol. The molecule has 106 valence electrons. The number of nitrogens with one attached hydrogen (secondary N) is 1. The Hall–Kier alpha value is -1.85. The van der Waals surface area contributed by atoms with Gasteiger partial charge in [-0.25, -0.2) is 9.78 Å². The summed E-state index contributed by atoms with van der Waals surface area (Å²) in [6, 6.07) is 1.09. The molecule has 0 saturated carbocycles. The zero-order valence-corrected chi connectivity index (χ0v) is 11.6. The third kappa shape index (κ3) is 5.54. The van der Waals surface area contributed by atoms with Crippen molar-refractivity contribution in [3.63, 3.8) is 0 Å². The molecule has 0 aliphatic carbocycles. The number of nitrogens with zero attached hydrogens (tertiary/aromatic N) is 1. The third-order valence-electron chi connectivity index (χ3n) is 1.93. The van der Waals surface area contributed by atoms with Crippen molar-refractivity contribution in [1.82, 2.24) is 4.98 Å². The summed E-state index contributed by atoms with van der Waals surface area (Å²) in [4.78, 5) is 15.1. The number of halogens is 1. The van der Waals surface area contributed by atoms with Gasteiger partial charge in [-0.1, -0.05) is 6.92 Å². The van der Waals surface area contributed by atoms with Gasteiger partial charge in [0.2, 0.25) is 5.95 Å². The summed E-state index contributed by atoms with van der Waals surface area (Å²) in [5.74, 6) is -0.385. The lowest BCUT2D eigenvalue weighted by Crippen LogP contribution is -2.27. The summed E-state index contributed by atoms with van der Waals surface area (Å²) in [5, 5.41) is 2.45.